The Labute approximate surface area is 365 Å². The fraction of sp³-hybridized carbons (Fsp3) is 0.0847. The number of para-hydroxylation sites is 2. The first-order valence-electron chi connectivity index (χ1n) is 21.5. The molecule has 10 aromatic rings. The summed E-state index contributed by atoms with van der Waals surface area (Å²) in [6, 6.07) is 70.4. The number of furan rings is 1. The van der Waals surface area contributed by atoms with E-state index in [0.29, 0.717) is 5.02 Å². The molecule has 62 heavy (non-hydrogen) atoms. The van der Waals surface area contributed by atoms with E-state index in [-0.39, 0.29) is 11.3 Å². The van der Waals surface area contributed by atoms with Gasteiger partial charge in [-0.05, 0) is 91.5 Å². The van der Waals surface area contributed by atoms with Crippen molar-refractivity contribution in [2.45, 2.75) is 30.6 Å². The Balaban J connectivity index is 1.18. The average molecular weight is 815 g/mol. The minimum absolute atomic E-state index is 0.184. The van der Waals surface area contributed by atoms with Crippen molar-refractivity contribution in [1.82, 2.24) is 0 Å². The lowest BCUT2D eigenvalue weighted by atomic mass is 9.65. The van der Waals surface area contributed by atoms with Crippen molar-refractivity contribution >= 4 is 33.5 Å². The summed E-state index contributed by atoms with van der Waals surface area (Å²) in [5.41, 5.74) is 18.7. The predicted octanol–water partition coefficient (Wildman–Crippen LogP) is 15.9. The first-order valence-corrected chi connectivity index (χ1v) is 21.9. The van der Waals surface area contributed by atoms with E-state index in [2.05, 4.69) is 196 Å². The van der Waals surface area contributed by atoms with Crippen LogP contribution in [0.25, 0.3) is 55.3 Å². The number of benzene rings is 9. The lowest BCUT2D eigenvalue weighted by molar-refractivity contribution is 0.430. The van der Waals surface area contributed by atoms with Crippen LogP contribution in [-0.2, 0) is 10.8 Å². The number of ether oxygens (including phenoxy) is 1. The Morgan fingerprint density at radius 1 is 0.484 bits per heavy atom. The molecule has 0 saturated carbocycles. The van der Waals surface area contributed by atoms with Crippen LogP contribution in [0.5, 0.6) is 11.5 Å². The van der Waals surface area contributed by atoms with Crippen molar-refractivity contribution in [2.75, 3.05) is 0 Å². The maximum absolute atomic E-state index is 7.42. The first-order chi connectivity index (χ1) is 30.4. The zero-order chi connectivity index (χ0) is 41.3. The van der Waals surface area contributed by atoms with Crippen LogP contribution >= 0.6 is 11.6 Å². The van der Waals surface area contributed by atoms with Gasteiger partial charge in [0.2, 0.25) is 0 Å². The summed E-state index contributed by atoms with van der Waals surface area (Å²) < 4.78 is 14.2. The van der Waals surface area contributed by atoms with Crippen molar-refractivity contribution in [2.24, 2.45) is 0 Å². The second kappa shape index (κ2) is 12.9. The molecule has 2 heterocycles. The summed E-state index contributed by atoms with van der Waals surface area (Å²) >= 11 is 7.42. The molecule has 13 rings (SSSR count). The van der Waals surface area contributed by atoms with Crippen LogP contribution in [0.3, 0.4) is 0 Å². The maximum atomic E-state index is 7.42. The van der Waals surface area contributed by atoms with Crippen LogP contribution < -0.4 is 4.74 Å². The van der Waals surface area contributed by atoms with Crippen LogP contribution in [-0.4, -0.2) is 0 Å². The van der Waals surface area contributed by atoms with Crippen LogP contribution in [0.4, 0.5) is 0 Å². The van der Waals surface area contributed by atoms with Gasteiger partial charge in [-0.2, -0.15) is 0 Å². The van der Waals surface area contributed by atoms with E-state index in [1.54, 1.807) is 0 Å². The molecule has 0 radical (unpaired) electrons. The predicted molar refractivity (Wildman–Crippen MR) is 253 cm³/mol. The number of rotatable bonds is 4. The normalized spacial score (nSPS) is 15.0. The zero-order valence-electron chi connectivity index (χ0n) is 34.2. The Morgan fingerprint density at radius 2 is 1.10 bits per heavy atom. The zero-order valence-corrected chi connectivity index (χ0v) is 35.0. The second-order valence-electron chi connectivity index (χ2n) is 17.6. The van der Waals surface area contributed by atoms with E-state index in [9.17, 15) is 0 Å². The highest BCUT2D eigenvalue weighted by Gasteiger charge is 2.53. The average Bonchev–Trinajstić information content (AvgIpc) is 3.91. The molecule has 0 fully saturated rings. The Hall–Kier alpha value is -7.13. The lowest BCUT2D eigenvalue weighted by Gasteiger charge is -2.41. The standard InChI is InChI=1S/C59H39ClO2/c1-58(2)45-25-10-8-22-40(45)54-41(23-14-28-48(54)58)53(36-33-43(35-17-4-3-5-18-35)56-44(34-36)39-21-9-13-31-51(39)61-56)42-24-15-29-49-57(42)62-52-32-16-30-50(60)55(52)59(49)46-26-11-6-19-37(46)38-20-7-12-27-47(38)59/h3-34,53H,1-2H3. The highest BCUT2D eigenvalue weighted by atomic mass is 35.5. The summed E-state index contributed by atoms with van der Waals surface area (Å²) in [5.74, 6) is 1.38. The van der Waals surface area contributed by atoms with Gasteiger partial charge >= 0.3 is 0 Å². The number of fused-ring (bicyclic) bond motifs is 15. The number of hydrogen-bond donors (Lipinski definition) is 0. The molecule has 3 heteroatoms. The summed E-state index contributed by atoms with van der Waals surface area (Å²) in [6.07, 6.45) is 0. The third kappa shape index (κ3) is 4.65. The van der Waals surface area contributed by atoms with E-state index < -0.39 is 5.41 Å². The van der Waals surface area contributed by atoms with Gasteiger partial charge in [0.05, 0.1) is 5.41 Å². The van der Waals surface area contributed by atoms with Crippen molar-refractivity contribution in [3.05, 3.63) is 249 Å². The van der Waals surface area contributed by atoms with Crippen molar-refractivity contribution in [3.8, 4) is 44.9 Å². The Morgan fingerprint density at radius 3 is 1.87 bits per heavy atom. The van der Waals surface area contributed by atoms with E-state index in [4.69, 9.17) is 20.8 Å². The van der Waals surface area contributed by atoms with Gasteiger partial charge in [-0.15, -0.1) is 0 Å². The first kappa shape index (κ1) is 35.6. The number of hydrogen-bond acceptors (Lipinski definition) is 2. The van der Waals surface area contributed by atoms with Crippen LogP contribution in [0.2, 0.25) is 5.02 Å². The van der Waals surface area contributed by atoms with E-state index in [1.165, 1.54) is 50.1 Å². The van der Waals surface area contributed by atoms with Gasteiger partial charge in [-0.1, -0.05) is 189 Å². The minimum atomic E-state index is -0.720. The minimum Gasteiger partial charge on any atom is -0.456 e. The molecule has 294 valence electrons. The summed E-state index contributed by atoms with van der Waals surface area (Å²) in [6.45, 7) is 4.72. The highest BCUT2D eigenvalue weighted by molar-refractivity contribution is 6.32. The molecule has 3 aliphatic rings. The molecule has 0 N–H and O–H groups in total. The quantitative estimate of drug-likeness (QED) is 0.165. The van der Waals surface area contributed by atoms with Gasteiger partial charge in [0.25, 0.3) is 0 Å². The van der Waals surface area contributed by atoms with E-state index in [0.717, 1.165) is 66.8 Å². The molecule has 1 atom stereocenters. The molecule has 2 nitrogen and oxygen atoms in total. The lowest BCUT2D eigenvalue weighted by Crippen LogP contribution is -2.33. The molecule has 9 aromatic carbocycles. The Kier molecular flexibility index (Phi) is 7.43. The molecular formula is C59H39ClO2. The molecule has 1 spiro atoms. The molecule has 0 amide bonds. The van der Waals surface area contributed by atoms with Gasteiger partial charge in [0.1, 0.15) is 22.7 Å². The smallest absolute Gasteiger partial charge is 0.143 e. The molecule has 1 aromatic heterocycles. The summed E-state index contributed by atoms with van der Waals surface area (Å²) in [5, 5.41) is 2.87. The van der Waals surface area contributed by atoms with Gasteiger partial charge in [-0.25, -0.2) is 0 Å². The molecular weight excluding hydrogens is 776 g/mol. The monoisotopic (exact) mass is 814 g/mol. The van der Waals surface area contributed by atoms with Crippen molar-refractivity contribution < 1.29 is 9.15 Å². The van der Waals surface area contributed by atoms with Crippen molar-refractivity contribution in [1.29, 1.82) is 0 Å². The van der Waals surface area contributed by atoms with Gasteiger partial charge in [-0.3, -0.25) is 0 Å². The second-order valence-corrected chi connectivity index (χ2v) is 18.0. The fourth-order valence-corrected chi connectivity index (χ4v) is 11.9. The summed E-state index contributed by atoms with van der Waals surface area (Å²) in [7, 11) is 0. The third-order valence-corrected chi connectivity index (χ3v) is 14.5. The van der Waals surface area contributed by atoms with Gasteiger partial charge in [0.15, 0.2) is 0 Å². The Bertz CT molecular complexity index is 3450. The van der Waals surface area contributed by atoms with E-state index in [1.807, 2.05) is 12.1 Å². The summed E-state index contributed by atoms with van der Waals surface area (Å²) in [4.78, 5) is 0. The van der Waals surface area contributed by atoms with Crippen LogP contribution in [0, 0.1) is 0 Å². The van der Waals surface area contributed by atoms with Gasteiger partial charge < -0.3 is 9.15 Å². The third-order valence-electron chi connectivity index (χ3n) is 14.1. The van der Waals surface area contributed by atoms with E-state index >= 15 is 0 Å². The maximum Gasteiger partial charge on any atom is 0.143 e. The largest absolute Gasteiger partial charge is 0.456 e. The highest BCUT2D eigenvalue weighted by Crippen LogP contribution is 2.65. The van der Waals surface area contributed by atoms with Gasteiger partial charge in [0, 0.05) is 49.4 Å². The van der Waals surface area contributed by atoms with Crippen LogP contribution in [0.1, 0.15) is 69.8 Å². The molecule has 1 aliphatic heterocycles. The molecule has 1 unspecified atom stereocenters. The fourth-order valence-electron chi connectivity index (χ4n) is 11.6. The molecule has 2 aliphatic carbocycles. The molecule has 0 saturated heterocycles. The molecule has 0 bridgehead atoms. The van der Waals surface area contributed by atoms with Crippen molar-refractivity contribution in [3.63, 3.8) is 0 Å². The topological polar surface area (TPSA) is 22.4 Å². The SMILES string of the molecule is CC1(C)c2ccccc2-c2c(C(c3cc(-c4ccccc4)c4oc5ccccc5c4c3)c3cccc4c3Oc3cccc(Cl)c3C43c4ccccc4-c4ccccc43)cccc21. The van der Waals surface area contributed by atoms with Crippen LogP contribution in [0.15, 0.2) is 199 Å². The number of halogens is 1.